The van der Waals surface area contributed by atoms with Crippen LogP contribution in [-0.2, 0) is 25.8 Å². The van der Waals surface area contributed by atoms with Crippen LogP contribution >= 0.6 is 0 Å². The minimum Gasteiger partial charge on any atom is -0.228 e. The summed E-state index contributed by atoms with van der Waals surface area (Å²) in [6.45, 7) is 2.15. The highest BCUT2D eigenvalue weighted by Gasteiger charge is 2.34. The largest absolute Gasteiger partial charge is 0.228 e. The molecule has 0 amide bonds. The molecule has 2 rings (SSSR count). The Morgan fingerprint density at radius 2 is 1.90 bits per heavy atom. The second-order valence-corrected chi connectivity index (χ2v) is 9.21. The smallest absolute Gasteiger partial charge is 0.218 e. The zero-order valence-electron chi connectivity index (χ0n) is 11.9. The van der Waals surface area contributed by atoms with E-state index in [2.05, 4.69) is 0 Å². The molecule has 0 aliphatic carbocycles. The zero-order chi connectivity index (χ0) is 15.7. The standard InChI is InChI=1S/C13H20N2O4S2/c1-11-5-2-3-6-12(11)10-20(16,17)15-8-4-7-13(9-15)21(14,18)19/h2-3,5-6,13H,4,7-10H2,1H3,(H2,14,18,19). The number of benzene rings is 1. The Kier molecular flexibility index (Phi) is 4.72. The molecule has 1 saturated heterocycles. The van der Waals surface area contributed by atoms with E-state index in [1.165, 1.54) is 4.31 Å². The molecule has 118 valence electrons. The molecule has 6 nitrogen and oxygen atoms in total. The molecule has 1 aliphatic heterocycles. The summed E-state index contributed by atoms with van der Waals surface area (Å²) in [5.74, 6) is -0.114. The van der Waals surface area contributed by atoms with Crippen molar-refractivity contribution in [2.45, 2.75) is 30.8 Å². The van der Waals surface area contributed by atoms with E-state index >= 15 is 0 Å². The van der Waals surface area contributed by atoms with Crippen molar-refractivity contribution >= 4 is 20.0 Å². The number of primary sulfonamides is 1. The van der Waals surface area contributed by atoms with Gasteiger partial charge in [-0.3, -0.25) is 0 Å². The molecule has 1 aromatic rings. The number of aryl methyl sites for hydroxylation is 1. The van der Waals surface area contributed by atoms with Gasteiger partial charge in [0.1, 0.15) is 0 Å². The molecule has 2 N–H and O–H groups in total. The molecule has 1 fully saturated rings. The quantitative estimate of drug-likeness (QED) is 0.872. The lowest BCUT2D eigenvalue weighted by Gasteiger charge is -2.30. The SMILES string of the molecule is Cc1ccccc1CS(=O)(=O)N1CCCC(S(N)(=O)=O)C1. The highest BCUT2D eigenvalue weighted by Crippen LogP contribution is 2.21. The maximum atomic E-state index is 12.5. The van der Waals surface area contributed by atoms with Crippen LogP contribution in [0.1, 0.15) is 24.0 Å². The third-order valence-corrected chi connectivity index (χ3v) is 6.91. The van der Waals surface area contributed by atoms with Crippen LogP contribution < -0.4 is 5.14 Å². The number of nitrogens with two attached hydrogens (primary N) is 1. The van der Waals surface area contributed by atoms with E-state index in [0.29, 0.717) is 19.4 Å². The van der Waals surface area contributed by atoms with Gasteiger partial charge in [-0.25, -0.2) is 26.3 Å². The second kappa shape index (κ2) is 6.04. The van der Waals surface area contributed by atoms with Crippen LogP contribution in [0.15, 0.2) is 24.3 Å². The van der Waals surface area contributed by atoms with Crippen LogP contribution in [0.25, 0.3) is 0 Å². The third kappa shape index (κ3) is 4.03. The summed E-state index contributed by atoms with van der Waals surface area (Å²) in [6, 6.07) is 7.27. The van der Waals surface area contributed by atoms with Crippen LogP contribution in [-0.4, -0.2) is 39.5 Å². The van der Waals surface area contributed by atoms with Gasteiger partial charge >= 0.3 is 0 Å². The van der Waals surface area contributed by atoms with Gasteiger partial charge in [-0.2, -0.15) is 0 Å². The molecule has 1 heterocycles. The molecule has 1 aliphatic rings. The Balaban J connectivity index is 2.18. The lowest BCUT2D eigenvalue weighted by atomic mass is 10.1. The number of nitrogens with zero attached hydrogens (tertiary/aromatic N) is 1. The summed E-state index contributed by atoms with van der Waals surface area (Å²) in [4.78, 5) is 0. The van der Waals surface area contributed by atoms with Crippen molar-refractivity contribution < 1.29 is 16.8 Å². The molecule has 0 saturated carbocycles. The van der Waals surface area contributed by atoms with Crippen molar-refractivity contribution in [3.05, 3.63) is 35.4 Å². The first-order chi connectivity index (χ1) is 9.70. The summed E-state index contributed by atoms with van der Waals surface area (Å²) < 4.78 is 49.0. The number of hydrogen-bond donors (Lipinski definition) is 1. The van der Waals surface area contributed by atoms with Crippen LogP contribution in [0.4, 0.5) is 0 Å². The van der Waals surface area contributed by atoms with Gasteiger partial charge in [-0.1, -0.05) is 24.3 Å². The average molecular weight is 332 g/mol. The van der Waals surface area contributed by atoms with Crippen LogP contribution in [0, 0.1) is 6.92 Å². The minimum absolute atomic E-state index is 0.0486. The van der Waals surface area contributed by atoms with E-state index in [1.807, 2.05) is 19.1 Å². The lowest BCUT2D eigenvalue weighted by molar-refractivity contribution is 0.345. The van der Waals surface area contributed by atoms with Crippen molar-refractivity contribution in [2.75, 3.05) is 13.1 Å². The Morgan fingerprint density at radius 1 is 1.24 bits per heavy atom. The normalized spacial score (nSPS) is 21.3. The van der Waals surface area contributed by atoms with Crippen molar-refractivity contribution in [1.82, 2.24) is 4.31 Å². The van der Waals surface area contributed by atoms with Crippen molar-refractivity contribution in [1.29, 1.82) is 0 Å². The van der Waals surface area contributed by atoms with E-state index < -0.39 is 25.3 Å². The van der Waals surface area contributed by atoms with E-state index in [4.69, 9.17) is 5.14 Å². The molecule has 0 bridgehead atoms. The van der Waals surface area contributed by atoms with Gasteiger partial charge < -0.3 is 0 Å². The first-order valence-corrected chi connectivity index (χ1v) is 9.96. The van der Waals surface area contributed by atoms with Crippen LogP contribution in [0.2, 0.25) is 0 Å². The summed E-state index contributed by atoms with van der Waals surface area (Å²) >= 11 is 0. The predicted octanol–water partition coefficient (Wildman–Crippen LogP) is 0.578. The van der Waals surface area contributed by atoms with E-state index in [1.54, 1.807) is 12.1 Å². The fourth-order valence-corrected chi connectivity index (χ4v) is 5.18. The van der Waals surface area contributed by atoms with Crippen molar-refractivity contribution in [3.8, 4) is 0 Å². The Morgan fingerprint density at radius 3 is 2.52 bits per heavy atom. The molecule has 0 aromatic heterocycles. The van der Waals surface area contributed by atoms with Gasteiger partial charge in [0, 0.05) is 13.1 Å². The Labute approximate surface area is 126 Å². The summed E-state index contributed by atoms with van der Waals surface area (Å²) in [6.07, 6.45) is 0.920. The van der Waals surface area contributed by atoms with E-state index in [9.17, 15) is 16.8 Å². The van der Waals surface area contributed by atoms with Gasteiger partial charge in [-0.15, -0.1) is 0 Å². The zero-order valence-corrected chi connectivity index (χ0v) is 13.5. The second-order valence-electron chi connectivity index (χ2n) is 5.39. The fourth-order valence-electron chi connectivity index (χ4n) is 2.49. The molecular weight excluding hydrogens is 312 g/mol. The molecule has 0 spiro atoms. The van der Waals surface area contributed by atoms with Crippen LogP contribution in [0.5, 0.6) is 0 Å². The molecule has 21 heavy (non-hydrogen) atoms. The number of piperidine rings is 1. The maximum absolute atomic E-state index is 12.5. The summed E-state index contributed by atoms with van der Waals surface area (Å²) in [5.41, 5.74) is 1.64. The third-order valence-electron chi connectivity index (χ3n) is 3.80. The van der Waals surface area contributed by atoms with Crippen LogP contribution in [0.3, 0.4) is 0 Å². The lowest BCUT2D eigenvalue weighted by Crippen LogP contribution is -2.47. The first kappa shape index (κ1) is 16.4. The van der Waals surface area contributed by atoms with Crippen molar-refractivity contribution in [2.24, 2.45) is 5.14 Å². The summed E-state index contributed by atoms with van der Waals surface area (Å²) in [5, 5.41) is 4.34. The highest BCUT2D eigenvalue weighted by atomic mass is 32.2. The Bertz CT molecular complexity index is 713. The topological polar surface area (TPSA) is 97.5 Å². The predicted molar refractivity (Wildman–Crippen MR) is 81.5 cm³/mol. The molecular formula is C13H20N2O4S2. The fraction of sp³-hybridized carbons (Fsp3) is 0.538. The monoisotopic (exact) mass is 332 g/mol. The van der Waals surface area contributed by atoms with E-state index in [0.717, 1.165) is 11.1 Å². The maximum Gasteiger partial charge on any atom is 0.218 e. The minimum atomic E-state index is -3.71. The average Bonchev–Trinajstić information content (AvgIpc) is 2.40. The molecule has 0 radical (unpaired) electrons. The highest BCUT2D eigenvalue weighted by molar-refractivity contribution is 7.90. The van der Waals surface area contributed by atoms with Gasteiger partial charge in [0.25, 0.3) is 0 Å². The number of rotatable bonds is 4. The van der Waals surface area contributed by atoms with E-state index in [-0.39, 0.29) is 12.3 Å². The number of hydrogen-bond acceptors (Lipinski definition) is 4. The van der Waals surface area contributed by atoms with Gasteiger partial charge in [0.15, 0.2) is 0 Å². The van der Waals surface area contributed by atoms with Gasteiger partial charge in [0.05, 0.1) is 11.0 Å². The first-order valence-electron chi connectivity index (χ1n) is 6.74. The summed E-state index contributed by atoms with van der Waals surface area (Å²) in [7, 11) is -7.24. The Hall–Kier alpha value is -0.960. The molecule has 8 heteroatoms. The van der Waals surface area contributed by atoms with Crippen molar-refractivity contribution in [3.63, 3.8) is 0 Å². The van der Waals surface area contributed by atoms with Gasteiger partial charge in [0.2, 0.25) is 20.0 Å². The van der Waals surface area contributed by atoms with Gasteiger partial charge in [-0.05, 0) is 30.9 Å². The molecule has 1 aromatic carbocycles. The molecule has 1 atom stereocenters. The number of sulfonamides is 2. The molecule has 1 unspecified atom stereocenters.